The number of nitrogens with zero attached hydrogens (tertiary/aromatic N) is 3. The summed E-state index contributed by atoms with van der Waals surface area (Å²) in [6, 6.07) is 18.9. The minimum atomic E-state index is -0.282. The van der Waals surface area contributed by atoms with Gasteiger partial charge in [-0.05, 0) is 43.2 Å². The Bertz CT molecular complexity index is 1120. The second kappa shape index (κ2) is 11.1. The average Bonchev–Trinajstić information content (AvgIpc) is 3.23. The van der Waals surface area contributed by atoms with E-state index in [1.54, 1.807) is 28.8 Å². The number of benzene rings is 2. The predicted molar refractivity (Wildman–Crippen MR) is 134 cm³/mol. The molecule has 0 saturated heterocycles. The summed E-state index contributed by atoms with van der Waals surface area (Å²) in [7, 11) is 1.62. The number of amides is 2. The van der Waals surface area contributed by atoms with E-state index in [0.717, 1.165) is 16.9 Å². The van der Waals surface area contributed by atoms with Crippen molar-refractivity contribution in [2.45, 2.75) is 39.5 Å². The van der Waals surface area contributed by atoms with Crippen LogP contribution in [-0.2, 0) is 14.9 Å². The molecule has 180 valence electrons. The summed E-state index contributed by atoms with van der Waals surface area (Å²) >= 11 is 0. The molecule has 0 fully saturated rings. The van der Waals surface area contributed by atoms with Crippen molar-refractivity contribution in [2.24, 2.45) is 0 Å². The second-order valence-corrected chi connectivity index (χ2v) is 9.40. The number of aromatic nitrogens is 2. The van der Waals surface area contributed by atoms with Crippen LogP contribution in [0.5, 0.6) is 0 Å². The fourth-order valence-electron chi connectivity index (χ4n) is 3.56. The van der Waals surface area contributed by atoms with E-state index in [9.17, 15) is 9.59 Å². The predicted octanol–water partition coefficient (Wildman–Crippen LogP) is 4.60. The molecule has 0 spiro atoms. The molecule has 1 heterocycles. The third-order valence-corrected chi connectivity index (χ3v) is 5.41. The smallest absolute Gasteiger partial charge is 0.254 e. The standard InChI is InChI=1S/C27H34N4O3/c1-20-11-9-14-22(17-20)31-24(18-23(29-31)27(2,3)4)28-25(32)19-30(15-10-16-34-5)26(33)21-12-7-6-8-13-21/h6-9,11-14,17-18H,10,15-16,19H2,1-5H3,(H,28,32). The molecule has 0 unspecified atom stereocenters. The van der Waals surface area contributed by atoms with E-state index < -0.39 is 0 Å². The average molecular weight is 463 g/mol. The topological polar surface area (TPSA) is 76.5 Å². The van der Waals surface area contributed by atoms with E-state index in [0.29, 0.717) is 31.0 Å². The molecule has 34 heavy (non-hydrogen) atoms. The van der Waals surface area contributed by atoms with E-state index in [4.69, 9.17) is 9.84 Å². The first-order chi connectivity index (χ1) is 16.2. The van der Waals surface area contributed by atoms with Gasteiger partial charge in [-0.15, -0.1) is 0 Å². The Morgan fingerprint density at radius 3 is 2.44 bits per heavy atom. The Morgan fingerprint density at radius 1 is 1.06 bits per heavy atom. The van der Waals surface area contributed by atoms with Gasteiger partial charge in [0.05, 0.1) is 11.4 Å². The number of aryl methyl sites for hydroxylation is 1. The molecular weight excluding hydrogens is 428 g/mol. The van der Waals surface area contributed by atoms with Crippen LogP contribution in [0.15, 0.2) is 60.7 Å². The van der Waals surface area contributed by atoms with Gasteiger partial charge in [-0.3, -0.25) is 9.59 Å². The van der Waals surface area contributed by atoms with E-state index in [-0.39, 0.29) is 23.8 Å². The molecule has 2 aromatic carbocycles. The largest absolute Gasteiger partial charge is 0.385 e. The Labute approximate surface area is 201 Å². The van der Waals surface area contributed by atoms with Crippen LogP contribution in [-0.4, -0.2) is 53.3 Å². The number of ether oxygens (including phenoxy) is 1. The summed E-state index contributed by atoms with van der Waals surface area (Å²) in [5.41, 5.74) is 3.18. The lowest BCUT2D eigenvalue weighted by molar-refractivity contribution is -0.117. The maximum Gasteiger partial charge on any atom is 0.254 e. The lowest BCUT2D eigenvalue weighted by Gasteiger charge is -2.22. The molecule has 0 atom stereocenters. The summed E-state index contributed by atoms with van der Waals surface area (Å²) < 4.78 is 6.89. The van der Waals surface area contributed by atoms with Gasteiger partial charge in [-0.25, -0.2) is 4.68 Å². The molecule has 0 bridgehead atoms. The first kappa shape index (κ1) is 25.2. The molecule has 3 rings (SSSR count). The molecule has 0 aliphatic heterocycles. The van der Waals surface area contributed by atoms with Gasteiger partial charge in [-0.1, -0.05) is 51.1 Å². The van der Waals surface area contributed by atoms with Crippen molar-refractivity contribution in [3.63, 3.8) is 0 Å². The number of carbonyl (C=O) groups is 2. The SMILES string of the molecule is COCCCN(CC(=O)Nc1cc(C(C)(C)C)nn1-c1cccc(C)c1)C(=O)c1ccccc1. The molecule has 1 N–H and O–H groups in total. The molecular formula is C27H34N4O3. The zero-order chi connectivity index (χ0) is 24.7. The molecule has 7 nitrogen and oxygen atoms in total. The number of carbonyl (C=O) groups excluding carboxylic acids is 2. The number of anilines is 1. The highest BCUT2D eigenvalue weighted by Crippen LogP contribution is 2.26. The summed E-state index contributed by atoms with van der Waals surface area (Å²) in [5.74, 6) is 0.106. The van der Waals surface area contributed by atoms with Gasteiger partial charge in [0, 0.05) is 37.3 Å². The van der Waals surface area contributed by atoms with Gasteiger partial charge in [0.1, 0.15) is 12.4 Å². The monoisotopic (exact) mass is 462 g/mol. The molecule has 0 aliphatic rings. The van der Waals surface area contributed by atoms with Gasteiger partial charge in [0.2, 0.25) is 5.91 Å². The first-order valence-electron chi connectivity index (χ1n) is 11.5. The minimum Gasteiger partial charge on any atom is -0.385 e. The second-order valence-electron chi connectivity index (χ2n) is 9.40. The van der Waals surface area contributed by atoms with Crippen molar-refractivity contribution in [1.29, 1.82) is 0 Å². The molecule has 1 aromatic heterocycles. The van der Waals surface area contributed by atoms with Crippen LogP contribution in [0.2, 0.25) is 0 Å². The van der Waals surface area contributed by atoms with E-state index >= 15 is 0 Å². The van der Waals surface area contributed by atoms with Crippen molar-refractivity contribution in [3.05, 3.63) is 77.5 Å². The van der Waals surface area contributed by atoms with Crippen LogP contribution in [0.25, 0.3) is 5.69 Å². The van der Waals surface area contributed by atoms with Gasteiger partial charge in [0.25, 0.3) is 5.91 Å². The van der Waals surface area contributed by atoms with Crippen LogP contribution < -0.4 is 5.32 Å². The first-order valence-corrected chi connectivity index (χ1v) is 11.5. The molecule has 7 heteroatoms. The van der Waals surface area contributed by atoms with Crippen molar-refractivity contribution in [2.75, 3.05) is 32.1 Å². The van der Waals surface area contributed by atoms with Gasteiger partial charge in [0.15, 0.2) is 0 Å². The third-order valence-electron chi connectivity index (χ3n) is 5.41. The van der Waals surface area contributed by atoms with Crippen LogP contribution in [0, 0.1) is 6.92 Å². The van der Waals surface area contributed by atoms with Crippen LogP contribution >= 0.6 is 0 Å². The lowest BCUT2D eigenvalue weighted by Crippen LogP contribution is -2.39. The summed E-state index contributed by atoms with van der Waals surface area (Å²) in [5, 5.41) is 7.76. The van der Waals surface area contributed by atoms with E-state index in [2.05, 4.69) is 26.1 Å². The van der Waals surface area contributed by atoms with Gasteiger partial charge in [-0.2, -0.15) is 5.10 Å². The molecule has 0 saturated carbocycles. The number of methoxy groups -OCH3 is 1. The molecule has 3 aromatic rings. The van der Waals surface area contributed by atoms with Crippen LogP contribution in [0.4, 0.5) is 5.82 Å². The third kappa shape index (κ3) is 6.54. The highest BCUT2D eigenvalue weighted by Gasteiger charge is 2.23. The van der Waals surface area contributed by atoms with Crippen LogP contribution in [0.1, 0.15) is 48.8 Å². The lowest BCUT2D eigenvalue weighted by atomic mass is 9.92. The van der Waals surface area contributed by atoms with Gasteiger partial charge >= 0.3 is 0 Å². The summed E-state index contributed by atoms with van der Waals surface area (Å²) in [6.07, 6.45) is 0.637. The normalized spacial score (nSPS) is 11.3. The minimum absolute atomic E-state index is 0.0682. The fraction of sp³-hybridized carbons (Fsp3) is 0.370. The maximum atomic E-state index is 13.1. The maximum absolute atomic E-state index is 13.1. The molecule has 2 amide bonds. The van der Waals surface area contributed by atoms with Crippen molar-refractivity contribution in [1.82, 2.24) is 14.7 Å². The van der Waals surface area contributed by atoms with Crippen molar-refractivity contribution in [3.8, 4) is 5.69 Å². The molecule has 0 aliphatic carbocycles. The highest BCUT2D eigenvalue weighted by atomic mass is 16.5. The van der Waals surface area contributed by atoms with Crippen LogP contribution in [0.3, 0.4) is 0 Å². The number of rotatable bonds is 9. The summed E-state index contributed by atoms with van der Waals surface area (Å²) in [6.45, 7) is 9.12. The quantitative estimate of drug-likeness (QED) is 0.472. The zero-order valence-electron chi connectivity index (χ0n) is 20.7. The Kier molecular flexibility index (Phi) is 8.23. The Hall–Kier alpha value is -3.45. The fourth-order valence-corrected chi connectivity index (χ4v) is 3.56. The Balaban J connectivity index is 1.84. The molecule has 0 radical (unpaired) electrons. The number of nitrogens with one attached hydrogen (secondary N) is 1. The highest BCUT2D eigenvalue weighted by molar-refractivity contribution is 5.99. The van der Waals surface area contributed by atoms with Crippen molar-refractivity contribution >= 4 is 17.6 Å². The Morgan fingerprint density at radius 2 is 1.79 bits per heavy atom. The number of hydrogen-bond acceptors (Lipinski definition) is 4. The number of hydrogen-bond donors (Lipinski definition) is 1. The van der Waals surface area contributed by atoms with E-state index in [1.807, 2.05) is 55.5 Å². The van der Waals surface area contributed by atoms with E-state index in [1.165, 1.54) is 0 Å². The zero-order valence-corrected chi connectivity index (χ0v) is 20.7. The van der Waals surface area contributed by atoms with Gasteiger partial charge < -0.3 is 15.0 Å². The van der Waals surface area contributed by atoms with Crippen molar-refractivity contribution < 1.29 is 14.3 Å². The summed E-state index contributed by atoms with van der Waals surface area (Å²) in [4.78, 5) is 27.8.